The van der Waals surface area contributed by atoms with Gasteiger partial charge in [-0.2, -0.15) is 0 Å². The molecule has 1 aliphatic heterocycles. The van der Waals surface area contributed by atoms with Crippen molar-refractivity contribution in [3.63, 3.8) is 0 Å². The van der Waals surface area contributed by atoms with Crippen LogP contribution in [0.1, 0.15) is 24.3 Å². The van der Waals surface area contributed by atoms with Crippen molar-refractivity contribution in [2.45, 2.75) is 24.9 Å². The zero-order valence-corrected chi connectivity index (χ0v) is 11.7. The van der Waals surface area contributed by atoms with Crippen LogP contribution in [0, 0.1) is 0 Å². The Morgan fingerprint density at radius 2 is 2.16 bits per heavy atom. The maximum atomic E-state index is 12.1. The number of hydrogen-bond donors (Lipinski definition) is 2. The Labute approximate surface area is 120 Å². The molecule has 1 fully saturated rings. The van der Waals surface area contributed by atoms with Crippen LogP contribution in [0.4, 0.5) is 0 Å². The summed E-state index contributed by atoms with van der Waals surface area (Å²) in [6.45, 7) is 1.71. The van der Waals surface area contributed by atoms with Crippen molar-refractivity contribution in [2.24, 2.45) is 5.73 Å². The molecule has 0 aliphatic carbocycles. The third kappa shape index (κ3) is 4.49. The number of carbonyl (C=O) groups excluding carboxylic acids is 1. The van der Waals surface area contributed by atoms with E-state index in [-0.39, 0.29) is 30.3 Å². The van der Waals surface area contributed by atoms with Crippen LogP contribution in [0.5, 0.6) is 0 Å². The molecule has 1 heterocycles. The van der Waals surface area contributed by atoms with Gasteiger partial charge in [-0.15, -0.1) is 12.4 Å². The van der Waals surface area contributed by atoms with Crippen molar-refractivity contribution in [1.82, 2.24) is 5.32 Å². The van der Waals surface area contributed by atoms with Crippen LogP contribution < -0.4 is 11.1 Å². The van der Waals surface area contributed by atoms with Crippen LogP contribution in [-0.2, 0) is 9.53 Å². The highest BCUT2D eigenvalue weighted by molar-refractivity contribution is 5.85. The highest BCUT2D eigenvalue weighted by Gasteiger charge is 2.21. The summed E-state index contributed by atoms with van der Waals surface area (Å²) in [5.41, 5.74) is 6.66. The predicted molar refractivity (Wildman–Crippen MR) is 77.5 cm³/mol. The number of nitrogens with one attached hydrogen (secondary N) is 1. The van der Waals surface area contributed by atoms with Gasteiger partial charge in [0.25, 0.3) is 0 Å². The Kier molecular flexibility index (Phi) is 6.84. The van der Waals surface area contributed by atoms with E-state index in [2.05, 4.69) is 5.32 Å². The summed E-state index contributed by atoms with van der Waals surface area (Å²) in [5.74, 6) is -0.285. The van der Waals surface area contributed by atoms with Gasteiger partial charge in [-0.1, -0.05) is 30.3 Å². The number of carbonyl (C=O) groups is 1. The van der Waals surface area contributed by atoms with E-state index >= 15 is 0 Å². The summed E-state index contributed by atoms with van der Waals surface area (Å²) in [4.78, 5) is 12.1. The van der Waals surface area contributed by atoms with Gasteiger partial charge < -0.3 is 15.8 Å². The Morgan fingerprint density at radius 3 is 2.74 bits per heavy atom. The number of amides is 1. The molecule has 0 aromatic heterocycles. The fourth-order valence-corrected chi connectivity index (χ4v) is 2.22. The minimum Gasteiger partial charge on any atom is -0.376 e. The van der Waals surface area contributed by atoms with Crippen molar-refractivity contribution in [1.29, 1.82) is 0 Å². The first-order valence-electron chi connectivity index (χ1n) is 6.45. The monoisotopic (exact) mass is 284 g/mol. The van der Waals surface area contributed by atoms with Crippen molar-refractivity contribution in [3.8, 4) is 0 Å². The van der Waals surface area contributed by atoms with Crippen LogP contribution >= 0.6 is 12.4 Å². The van der Waals surface area contributed by atoms with Crippen molar-refractivity contribution in [2.75, 3.05) is 19.7 Å². The molecule has 0 bridgehead atoms. The Bertz CT molecular complexity index is 380. The molecule has 19 heavy (non-hydrogen) atoms. The number of halogens is 1. The van der Waals surface area contributed by atoms with Crippen LogP contribution in [0.25, 0.3) is 0 Å². The zero-order chi connectivity index (χ0) is 12.8. The molecule has 4 nitrogen and oxygen atoms in total. The lowest BCUT2D eigenvalue weighted by Crippen LogP contribution is -2.37. The number of ether oxygens (including phenoxy) is 1. The Morgan fingerprint density at radius 1 is 1.42 bits per heavy atom. The van der Waals surface area contributed by atoms with Gasteiger partial charge in [0.1, 0.15) is 0 Å². The summed E-state index contributed by atoms with van der Waals surface area (Å²) >= 11 is 0. The van der Waals surface area contributed by atoms with Gasteiger partial charge in [0.2, 0.25) is 5.91 Å². The summed E-state index contributed by atoms with van der Waals surface area (Å²) < 4.78 is 5.48. The molecule has 0 spiro atoms. The quantitative estimate of drug-likeness (QED) is 0.860. The van der Waals surface area contributed by atoms with Gasteiger partial charge in [-0.05, 0) is 18.4 Å². The van der Waals surface area contributed by atoms with E-state index in [0.717, 1.165) is 25.0 Å². The van der Waals surface area contributed by atoms with Crippen molar-refractivity contribution >= 4 is 18.3 Å². The summed E-state index contributed by atoms with van der Waals surface area (Å²) in [6.07, 6.45) is 2.28. The van der Waals surface area contributed by atoms with E-state index in [4.69, 9.17) is 10.5 Å². The second kappa shape index (κ2) is 8.15. The van der Waals surface area contributed by atoms with Gasteiger partial charge in [-0.3, -0.25) is 4.79 Å². The second-order valence-electron chi connectivity index (χ2n) is 4.58. The Hall–Kier alpha value is -1.10. The topological polar surface area (TPSA) is 64.4 Å². The smallest absolute Gasteiger partial charge is 0.228 e. The van der Waals surface area contributed by atoms with Gasteiger partial charge in [0.05, 0.1) is 12.0 Å². The molecule has 1 amide bonds. The van der Waals surface area contributed by atoms with Crippen LogP contribution in [-0.4, -0.2) is 31.7 Å². The summed E-state index contributed by atoms with van der Waals surface area (Å²) in [5, 5.41) is 2.93. The molecule has 1 saturated heterocycles. The SMILES string of the molecule is Cl.NCC(C(=O)NCC1CCCO1)c1ccccc1. The average Bonchev–Trinajstić information content (AvgIpc) is 2.92. The van der Waals surface area contributed by atoms with E-state index in [9.17, 15) is 4.79 Å². The first kappa shape index (κ1) is 16.0. The molecular formula is C14H21ClN2O2. The number of rotatable bonds is 5. The lowest BCUT2D eigenvalue weighted by atomic mass is 9.98. The summed E-state index contributed by atoms with van der Waals surface area (Å²) in [7, 11) is 0. The first-order valence-corrected chi connectivity index (χ1v) is 6.45. The molecule has 2 atom stereocenters. The minimum atomic E-state index is -0.271. The maximum Gasteiger partial charge on any atom is 0.228 e. The third-order valence-electron chi connectivity index (χ3n) is 3.28. The predicted octanol–water partition coefficient (Wildman–Crippen LogP) is 1.45. The lowest BCUT2D eigenvalue weighted by molar-refractivity contribution is -0.122. The molecule has 1 aromatic rings. The van der Waals surface area contributed by atoms with E-state index in [0.29, 0.717) is 13.1 Å². The molecule has 1 aliphatic rings. The highest BCUT2D eigenvalue weighted by Crippen LogP contribution is 2.15. The third-order valence-corrected chi connectivity index (χ3v) is 3.28. The maximum absolute atomic E-state index is 12.1. The molecule has 0 saturated carbocycles. The minimum absolute atomic E-state index is 0. The first-order chi connectivity index (χ1) is 8.81. The second-order valence-corrected chi connectivity index (χ2v) is 4.58. The van der Waals surface area contributed by atoms with Crippen LogP contribution in [0.2, 0.25) is 0 Å². The molecule has 5 heteroatoms. The molecule has 1 aromatic carbocycles. The van der Waals surface area contributed by atoms with E-state index in [1.165, 1.54) is 0 Å². The molecule has 3 N–H and O–H groups in total. The standard InChI is InChI=1S/C14H20N2O2.ClH/c15-9-13(11-5-2-1-3-6-11)14(17)16-10-12-7-4-8-18-12;/h1-3,5-6,12-13H,4,7-10,15H2,(H,16,17);1H. The van der Waals surface area contributed by atoms with E-state index in [1.807, 2.05) is 30.3 Å². The largest absolute Gasteiger partial charge is 0.376 e. The molecule has 106 valence electrons. The fraction of sp³-hybridized carbons (Fsp3) is 0.500. The zero-order valence-electron chi connectivity index (χ0n) is 10.9. The van der Waals surface area contributed by atoms with Gasteiger partial charge in [0, 0.05) is 19.7 Å². The van der Waals surface area contributed by atoms with Crippen LogP contribution in [0.3, 0.4) is 0 Å². The van der Waals surface area contributed by atoms with Crippen molar-refractivity contribution < 1.29 is 9.53 Å². The van der Waals surface area contributed by atoms with E-state index < -0.39 is 0 Å². The van der Waals surface area contributed by atoms with Crippen molar-refractivity contribution in [3.05, 3.63) is 35.9 Å². The van der Waals surface area contributed by atoms with Gasteiger partial charge >= 0.3 is 0 Å². The summed E-state index contributed by atoms with van der Waals surface area (Å²) in [6, 6.07) is 9.64. The van der Waals surface area contributed by atoms with Gasteiger partial charge in [-0.25, -0.2) is 0 Å². The number of nitrogens with two attached hydrogens (primary N) is 1. The highest BCUT2D eigenvalue weighted by atomic mass is 35.5. The molecule has 2 unspecified atom stereocenters. The number of benzene rings is 1. The van der Waals surface area contributed by atoms with Crippen LogP contribution in [0.15, 0.2) is 30.3 Å². The molecule has 0 radical (unpaired) electrons. The molecular weight excluding hydrogens is 264 g/mol. The number of hydrogen-bond acceptors (Lipinski definition) is 3. The van der Waals surface area contributed by atoms with E-state index in [1.54, 1.807) is 0 Å². The molecule has 2 rings (SSSR count). The lowest BCUT2D eigenvalue weighted by Gasteiger charge is -2.17. The Balaban J connectivity index is 0.00000180. The van der Waals surface area contributed by atoms with Gasteiger partial charge in [0.15, 0.2) is 0 Å². The fourth-order valence-electron chi connectivity index (χ4n) is 2.22. The normalized spacial score (nSPS) is 19.5. The average molecular weight is 285 g/mol.